The molecule has 2 N–H and O–H groups in total. The summed E-state index contributed by atoms with van der Waals surface area (Å²) in [5.74, 6) is 0.234. The van der Waals surface area contributed by atoms with E-state index in [9.17, 15) is 9.59 Å². The topological polar surface area (TPSA) is 72.6 Å². The van der Waals surface area contributed by atoms with Crippen LogP contribution in [0.2, 0.25) is 0 Å². The van der Waals surface area contributed by atoms with Gasteiger partial charge < -0.3 is 15.4 Å². The second-order valence-electron chi connectivity index (χ2n) is 4.89. The van der Waals surface area contributed by atoms with Crippen molar-refractivity contribution in [3.05, 3.63) is 0 Å². The predicted molar refractivity (Wildman–Crippen MR) is 68.8 cm³/mol. The van der Waals surface area contributed by atoms with Gasteiger partial charge in [-0.25, -0.2) is 0 Å². The molecule has 0 radical (unpaired) electrons. The second kappa shape index (κ2) is 7.36. The lowest BCUT2D eigenvalue weighted by Crippen LogP contribution is -2.41. The lowest BCUT2D eigenvalue weighted by molar-refractivity contribution is -0.149. The normalized spacial score (nSPS) is 18.5. The molecule has 104 valence electrons. The monoisotopic (exact) mass is 256 g/mol. The van der Waals surface area contributed by atoms with Crippen LogP contribution in [0.3, 0.4) is 0 Å². The van der Waals surface area contributed by atoms with E-state index in [0.29, 0.717) is 38.9 Å². The molecule has 1 unspecified atom stereocenters. The number of carbonyl (C=O) groups is 2. The van der Waals surface area contributed by atoms with Gasteiger partial charge in [0.1, 0.15) is 0 Å². The third kappa shape index (κ3) is 3.98. The van der Waals surface area contributed by atoms with E-state index in [2.05, 4.69) is 0 Å². The number of hydrogen-bond donors (Lipinski definition) is 1. The van der Waals surface area contributed by atoms with Gasteiger partial charge >= 0.3 is 5.97 Å². The van der Waals surface area contributed by atoms with Gasteiger partial charge in [-0.05, 0) is 25.3 Å². The third-order valence-corrected chi connectivity index (χ3v) is 3.76. The molecule has 18 heavy (non-hydrogen) atoms. The number of amides is 1. The Hall–Kier alpha value is -1.10. The Balaban J connectivity index is 2.38. The number of likely N-dealkylation sites (tertiary alicyclic amines) is 1. The molecule has 5 heteroatoms. The molecule has 0 bridgehead atoms. The Morgan fingerprint density at radius 1 is 1.39 bits per heavy atom. The van der Waals surface area contributed by atoms with E-state index in [1.807, 2.05) is 11.8 Å². The average Bonchev–Trinajstić information content (AvgIpc) is 2.43. The molecule has 1 rings (SSSR count). The summed E-state index contributed by atoms with van der Waals surface area (Å²) in [6, 6.07) is 0. The number of nitrogens with zero attached hydrogens (tertiary/aromatic N) is 1. The van der Waals surface area contributed by atoms with Crippen molar-refractivity contribution < 1.29 is 14.3 Å². The molecule has 0 aromatic carbocycles. The Morgan fingerprint density at radius 2 is 2.00 bits per heavy atom. The van der Waals surface area contributed by atoms with Crippen LogP contribution in [0.4, 0.5) is 0 Å². The molecule has 1 amide bonds. The van der Waals surface area contributed by atoms with Crippen molar-refractivity contribution in [3.8, 4) is 0 Å². The van der Waals surface area contributed by atoms with Crippen molar-refractivity contribution >= 4 is 11.9 Å². The highest BCUT2D eigenvalue weighted by atomic mass is 16.5. The number of nitrogens with two attached hydrogens (primary N) is 1. The van der Waals surface area contributed by atoms with Crippen molar-refractivity contribution in [3.63, 3.8) is 0 Å². The van der Waals surface area contributed by atoms with Gasteiger partial charge in [-0.15, -0.1) is 0 Å². The standard InChI is InChI=1S/C13H24N2O3/c1-3-10(9-14)8-12(16)15-6-4-11(5-7-15)13(17)18-2/h10-11H,3-9,14H2,1-2H3. The van der Waals surface area contributed by atoms with Crippen LogP contribution in [0.25, 0.3) is 0 Å². The van der Waals surface area contributed by atoms with Crippen LogP contribution in [0.15, 0.2) is 0 Å². The molecule has 5 nitrogen and oxygen atoms in total. The zero-order chi connectivity index (χ0) is 13.5. The zero-order valence-electron chi connectivity index (χ0n) is 11.4. The largest absolute Gasteiger partial charge is 0.469 e. The summed E-state index contributed by atoms with van der Waals surface area (Å²) in [6.45, 7) is 3.91. The van der Waals surface area contributed by atoms with Crippen LogP contribution in [0, 0.1) is 11.8 Å². The maximum atomic E-state index is 12.0. The number of carbonyl (C=O) groups excluding carboxylic acids is 2. The maximum Gasteiger partial charge on any atom is 0.308 e. The van der Waals surface area contributed by atoms with E-state index >= 15 is 0 Å². The Kier molecular flexibility index (Phi) is 6.12. The molecule has 0 aromatic rings. The minimum Gasteiger partial charge on any atom is -0.469 e. The summed E-state index contributed by atoms with van der Waals surface area (Å²) in [6.07, 6.45) is 2.87. The first-order valence-electron chi connectivity index (χ1n) is 6.68. The lowest BCUT2D eigenvalue weighted by Gasteiger charge is -2.31. The van der Waals surface area contributed by atoms with Crippen LogP contribution >= 0.6 is 0 Å². The second-order valence-corrected chi connectivity index (χ2v) is 4.89. The summed E-state index contributed by atoms with van der Waals surface area (Å²) in [5.41, 5.74) is 5.61. The minimum absolute atomic E-state index is 0.0458. The Labute approximate surface area is 109 Å². The van der Waals surface area contributed by atoms with Crippen molar-refractivity contribution in [2.45, 2.75) is 32.6 Å². The van der Waals surface area contributed by atoms with E-state index in [4.69, 9.17) is 10.5 Å². The van der Waals surface area contributed by atoms with Crippen LogP contribution in [0.1, 0.15) is 32.6 Å². The molecular formula is C13H24N2O3. The molecule has 1 saturated heterocycles. The van der Waals surface area contributed by atoms with Gasteiger partial charge in [-0.3, -0.25) is 9.59 Å². The number of ether oxygens (including phenoxy) is 1. The van der Waals surface area contributed by atoms with Gasteiger partial charge in [-0.1, -0.05) is 13.3 Å². The van der Waals surface area contributed by atoms with E-state index in [1.54, 1.807) is 0 Å². The molecule has 0 aliphatic carbocycles. The Morgan fingerprint density at radius 3 is 2.44 bits per heavy atom. The van der Waals surface area contributed by atoms with Gasteiger partial charge in [0.25, 0.3) is 0 Å². The highest BCUT2D eigenvalue weighted by Gasteiger charge is 2.28. The molecular weight excluding hydrogens is 232 g/mol. The number of esters is 1. The van der Waals surface area contributed by atoms with Crippen molar-refractivity contribution in [1.29, 1.82) is 0 Å². The third-order valence-electron chi connectivity index (χ3n) is 3.76. The highest BCUT2D eigenvalue weighted by Crippen LogP contribution is 2.20. The first-order valence-corrected chi connectivity index (χ1v) is 6.68. The van der Waals surface area contributed by atoms with Crippen LogP contribution in [0.5, 0.6) is 0 Å². The van der Waals surface area contributed by atoms with Crippen molar-refractivity contribution in [2.24, 2.45) is 17.6 Å². The van der Waals surface area contributed by atoms with Crippen molar-refractivity contribution in [1.82, 2.24) is 4.90 Å². The molecule has 0 saturated carbocycles. The summed E-state index contributed by atoms with van der Waals surface area (Å²) >= 11 is 0. The summed E-state index contributed by atoms with van der Waals surface area (Å²) in [4.78, 5) is 25.2. The summed E-state index contributed by atoms with van der Waals surface area (Å²) in [7, 11) is 1.41. The van der Waals surface area contributed by atoms with Crippen molar-refractivity contribution in [2.75, 3.05) is 26.7 Å². The van der Waals surface area contributed by atoms with E-state index in [-0.39, 0.29) is 23.7 Å². The lowest BCUT2D eigenvalue weighted by atomic mass is 9.95. The van der Waals surface area contributed by atoms with Gasteiger partial charge in [0, 0.05) is 19.5 Å². The summed E-state index contributed by atoms with van der Waals surface area (Å²) in [5, 5.41) is 0. The number of hydrogen-bond acceptors (Lipinski definition) is 4. The fraction of sp³-hybridized carbons (Fsp3) is 0.846. The quantitative estimate of drug-likeness (QED) is 0.738. The fourth-order valence-corrected chi connectivity index (χ4v) is 2.30. The Bertz CT molecular complexity index is 282. The molecule has 1 aliphatic rings. The van der Waals surface area contributed by atoms with E-state index < -0.39 is 0 Å². The van der Waals surface area contributed by atoms with Crippen LogP contribution in [-0.4, -0.2) is 43.5 Å². The van der Waals surface area contributed by atoms with E-state index in [0.717, 1.165) is 6.42 Å². The molecule has 1 atom stereocenters. The van der Waals surface area contributed by atoms with Gasteiger partial charge in [-0.2, -0.15) is 0 Å². The SMILES string of the molecule is CCC(CN)CC(=O)N1CCC(C(=O)OC)CC1. The minimum atomic E-state index is -0.157. The molecule has 1 fully saturated rings. The molecule has 1 heterocycles. The van der Waals surface area contributed by atoms with Crippen LogP contribution in [-0.2, 0) is 14.3 Å². The fourth-order valence-electron chi connectivity index (χ4n) is 2.30. The smallest absolute Gasteiger partial charge is 0.308 e. The molecule has 0 aromatic heterocycles. The van der Waals surface area contributed by atoms with Crippen LogP contribution < -0.4 is 5.73 Å². The van der Waals surface area contributed by atoms with E-state index in [1.165, 1.54) is 7.11 Å². The predicted octanol–water partition coefficient (Wildman–Crippen LogP) is 0.773. The van der Waals surface area contributed by atoms with Gasteiger partial charge in [0.15, 0.2) is 0 Å². The number of piperidine rings is 1. The maximum absolute atomic E-state index is 12.0. The number of methoxy groups -OCH3 is 1. The first kappa shape index (κ1) is 15.0. The highest BCUT2D eigenvalue weighted by molar-refractivity contribution is 5.77. The van der Waals surface area contributed by atoms with Gasteiger partial charge in [0.2, 0.25) is 5.91 Å². The average molecular weight is 256 g/mol. The summed E-state index contributed by atoms with van der Waals surface area (Å²) < 4.78 is 4.73. The molecule has 1 aliphatic heterocycles. The zero-order valence-corrected chi connectivity index (χ0v) is 11.4. The van der Waals surface area contributed by atoms with Gasteiger partial charge in [0.05, 0.1) is 13.0 Å². The molecule has 0 spiro atoms. The first-order chi connectivity index (χ1) is 8.62. The number of rotatable bonds is 5.